The number of Topliss-reactive ketones (excluding diaryl/α,β-unsaturated/α-hetero) is 1. The number of hydrogen-bond donors (Lipinski definition) is 0. The van der Waals surface area contributed by atoms with Crippen LogP contribution in [0, 0.1) is 10.1 Å². The van der Waals surface area contributed by atoms with Crippen molar-refractivity contribution in [2.45, 2.75) is 6.92 Å². The molecule has 0 N–H and O–H groups in total. The van der Waals surface area contributed by atoms with Gasteiger partial charge in [0.05, 0.1) is 4.92 Å². The van der Waals surface area contributed by atoms with Gasteiger partial charge in [-0.3, -0.25) is 14.9 Å². The Kier molecular flexibility index (Phi) is 2.40. The molecule has 82 valence electrons. The maximum absolute atomic E-state index is 11.1. The Balaban J connectivity index is 2.80. The van der Waals surface area contributed by atoms with Crippen molar-refractivity contribution in [2.24, 2.45) is 0 Å². The van der Waals surface area contributed by atoms with Crippen LogP contribution in [0.3, 0.4) is 0 Å². The summed E-state index contributed by atoms with van der Waals surface area (Å²) in [5, 5.41) is 11.4. The maximum Gasteiger partial charge on any atom is 0.313 e. The van der Waals surface area contributed by atoms with Crippen molar-refractivity contribution in [3.05, 3.63) is 39.1 Å². The number of nitro groups is 1. The molecule has 0 atom stereocenters. The molecule has 1 aromatic heterocycles. The first-order chi connectivity index (χ1) is 7.49. The lowest BCUT2D eigenvalue weighted by Crippen LogP contribution is -1.88. The molecule has 0 bridgehead atoms. The zero-order chi connectivity index (χ0) is 11.9. The fourth-order valence-electron chi connectivity index (χ4n) is 1.41. The molecule has 16 heavy (non-hydrogen) atoms. The molecule has 0 unspecified atom stereocenters. The van der Waals surface area contributed by atoms with E-state index < -0.39 is 4.92 Å². The maximum atomic E-state index is 11.1. The molecule has 1 aromatic carbocycles. The summed E-state index contributed by atoms with van der Waals surface area (Å²) in [5.74, 6) is -0.206. The summed E-state index contributed by atoms with van der Waals surface area (Å²) in [7, 11) is 0. The Hall–Kier alpha value is -1.88. The normalized spacial score (nSPS) is 10.6. The average Bonchev–Trinajstić information content (AvgIpc) is 2.59. The number of nitro benzene ring substituents is 1. The monoisotopic (exact) mass is 239 g/mol. The molecule has 0 fully saturated rings. The number of furan rings is 1. The highest BCUT2D eigenvalue weighted by Crippen LogP contribution is 2.32. The summed E-state index contributed by atoms with van der Waals surface area (Å²) in [4.78, 5) is 21.2. The van der Waals surface area contributed by atoms with Crippen LogP contribution in [0.1, 0.15) is 17.5 Å². The third-order valence-corrected chi connectivity index (χ3v) is 2.32. The van der Waals surface area contributed by atoms with Crippen LogP contribution >= 0.6 is 11.6 Å². The Morgan fingerprint density at radius 3 is 2.69 bits per heavy atom. The van der Waals surface area contributed by atoms with E-state index in [9.17, 15) is 14.9 Å². The molecular weight excluding hydrogens is 234 g/mol. The number of rotatable bonds is 2. The summed E-state index contributed by atoms with van der Waals surface area (Å²) in [6.45, 7) is 1.32. The lowest BCUT2D eigenvalue weighted by molar-refractivity contribution is -0.383. The van der Waals surface area contributed by atoms with E-state index in [0.717, 1.165) is 0 Å². The second kappa shape index (κ2) is 3.61. The molecule has 6 heteroatoms. The quantitative estimate of drug-likeness (QED) is 0.458. The summed E-state index contributed by atoms with van der Waals surface area (Å²) in [5.41, 5.74) is -0.172. The van der Waals surface area contributed by atoms with E-state index in [-0.39, 0.29) is 27.8 Å². The molecule has 2 rings (SSSR count). The number of nitrogens with zero attached hydrogens (tertiary/aromatic N) is 1. The summed E-state index contributed by atoms with van der Waals surface area (Å²) in [6.07, 6.45) is 0. The average molecular weight is 240 g/mol. The van der Waals surface area contributed by atoms with Crippen molar-refractivity contribution in [1.29, 1.82) is 0 Å². The van der Waals surface area contributed by atoms with Gasteiger partial charge in [0.15, 0.2) is 11.5 Å². The second-order valence-electron chi connectivity index (χ2n) is 3.27. The zero-order valence-corrected chi connectivity index (χ0v) is 8.95. The van der Waals surface area contributed by atoms with E-state index in [1.54, 1.807) is 0 Å². The lowest BCUT2D eigenvalue weighted by atomic mass is 10.2. The molecule has 0 spiro atoms. The van der Waals surface area contributed by atoms with Crippen LogP contribution in [0.5, 0.6) is 0 Å². The van der Waals surface area contributed by atoms with Gasteiger partial charge in [0, 0.05) is 23.4 Å². The number of carbonyl (C=O) groups excluding carboxylic acids is 1. The van der Waals surface area contributed by atoms with E-state index >= 15 is 0 Å². The molecular formula is C10H6ClNO4. The number of non-ortho nitro benzene ring substituents is 1. The molecule has 5 nitrogen and oxygen atoms in total. The predicted molar refractivity (Wildman–Crippen MR) is 57.9 cm³/mol. The molecule has 0 aliphatic heterocycles. The number of halogens is 1. The third kappa shape index (κ3) is 1.65. The van der Waals surface area contributed by atoms with E-state index in [4.69, 9.17) is 16.0 Å². The smallest absolute Gasteiger partial charge is 0.313 e. The van der Waals surface area contributed by atoms with Crippen molar-refractivity contribution in [3.8, 4) is 0 Å². The number of ketones is 1. The van der Waals surface area contributed by atoms with Gasteiger partial charge in [-0.05, 0) is 12.1 Å². The molecule has 0 saturated carbocycles. The van der Waals surface area contributed by atoms with Gasteiger partial charge in [-0.1, -0.05) is 11.6 Å². The topological polar surface area (TPSA) is 73.3 Å². The van der Waals surface area contributed by atoms with Crippen molar-refractivity contribution in [1.82, 2.24) is 0 Å². The molecule has 1 heterocycles. The van der Waals surface area contributed by atoms with Crippen LogP contribution < -0.4 is 0 Å². The minimum absolute atomic E-state index is 0.0691. The SMILES string of the molecule is CC(=O)c1cc2cc(Cl)cc([N+](=O)[O-])c2o1. The van der Waals surface area contributed by atoms with Crippen molar-refractivity contribution >= 4 is 34.0 Å². The van der Waals surface area contributed by atoms with Gasteiger partial charge in [-0.25, -0.2) is 0 Å². The van der Waals surface area contributed by atoms with Crippen LogP contribution in [0.2, 0.25) is 5.02 Å². The first kappa shape index (κ1) is 10.6. The van der Waals surface area contributed by atoms with Crippen molar-refractivity contribution in [2.75, 3.05) is 0 Å². The van der Waals surface area contributed by atoms with Crippen molar-refractivity contribution < 1.29 is 14.1 Å². The number of hydrogen-bond acceptors (Lipinski definition) is 4. The zero-order valence-electron chi connectivity index (χ0n) is 8.19. The van der Waals surface area contributed by atoms with Crippen LogP contribution in [-0.2, 0) is 0 Å². The lowest BCUT2D eigenvalue weighted by Gasteiger charge is -1.93. The van der Waals surface area contributed by atoms with Crippen molar-refractivity contribution in [3.63, 3.8) is 0 Å². The van der Waals surface area contributed by atoms with Gasteiger partial charge >= 0.3 is 5.69 Å². The minimum Gasteiger partial charge on any atom is -0.446 e. The molecule has 0 amide bonds. The van der Waals surface area contributed by atoms with Gasteiger partial charge in [0.1, 0.15) is 0 Å². The minimum atomic E-state index is -0.596. The third-order valence-electron chi connectivity index (χ3n) is 2.11. The van der Waals surface area contributed by atoms with Crippen LogP contribution in [0.4, 0.5) is 5.69 Å². The molecule has 0 aliphatic carbocycles. The molecule has 2 aromatic rings. The van der Waals surface area contributed by atoms with Gasteiger partial charge in [0.2, 0.25) is 5.58 Å². The Labute approximate surface area is 94.8 Å². The summed E-state index contributed by atoms with van der Waals surface area (Å²) < 4.78 is 5.13. The second-order valence-corrected chi connectivity index (χ2v) is 3.70. The van der Waals surface area contributed by atoms with Crippen LogP contribution in [0.15, 0.2) is 22.6 Å². The Bertz CT molecular complexity index is 602. The summed E-state index contributed by atoms with van der Waals surface area (Å²) >= 11 is 5.73. The van der Waals surface area contributed by atoms with Gasteiger partial charge in [-0.2, -0.15) is 0 Å². The number of carbonyl (C=O) groups is 1. The molecule has 0 radical (unpaired) electrons. The summed E-state index contributed by atoms with van der Waals surface area (Å²) in [6, 6.07) is 4.15. The highest BCUT2D eigenvalue weighted by atomic mass is 35.5. The highest BCUT2D eigenvalue weighted by Gasteiger charge is 2.19. The number of fused-ring (bicyclic) bond motifs is 1. The largest absolute Gasteiger partial charge is 0.446 e. The van der Waals surface area contributed by atoms with E-state index in [1.165, 1.54) is 25.1 Å². The van der Waals surface area contributed by atoms with Crippen LogP contribution in [-0.4, -0.2) is 10.7 Å². The highest BCUT2D eigenvalue weighted by molar-refractivity contribution is 6.31. The Morgan fingerprint density at radius 1 is 1.44 bits per heavy atom. The van der Waals surface area contributed by atoms with Gasteiger partial charge < -0.3 is 4.42 Å². The predicted octanol–water partition coefficient (Wildman–Crippen LogP) is 3.20. The fraction of sp³-hybridized carbons (Fsp3) is 0.100. The number of benzene rings is 1. The molecule has 0 aliphatic rings. The molecule has 0 saturated heterocycles. The van der Waals surface area contributed by atoms with Gasteiger partial charge in [-0.15, -0.1) is 0 Å². The first-order valence-electron chi connectivity index (χ1n) is 4.37. The van der Waals surface area contributed by atoms with E-state index in [2.05, 4.69) is 0 Å². The van der Waals surface area contributed by atoms with Gasteiger partial charge in [0.25, 0.3) is 0 Å². The van der Waals surface area contributed by atoms with E-state index in [1.807, 2.05) is 0 Å². The fourth-order valence-corrected chi connectivity index (χ4v) is 1.63. The van der Waals surface area contributed by atoms with Crippen LogP contribution in [0.25, 0.3) is 11.0 Å². The van der Waals surface area contributed by atoms with E-state index in [0.29, 0.717) is 5.39 Å². The standard InChI is InChI=1S/C10H6ClNO4/c1-5(13)9-3-6-2-7(11)4-8(12(14)15)10(6)16-9/h2-4H,1H3. The Morgan fingerprint density at radius 2 is 2.12 bits per heavy atom. The first-order valence-corrected chi connectivity index (χ1v) is 4.75.